The van der Waals surface area contributed by atoms with E-state index in [1.807, 2.05) is 95.9 Å². The number of aromatic nitrogens is 1. The van der Waals surface area contributed by atoms with Gasteiger partial charge in [-0.15, -0.1) is 0 Å². The van der Waals surface area contributed by atoms with Crippen LogP contribution in [0.4, 0.5) is 0 Å². The van der Waals surface area contributed by atoms with Crippen molar-refractivity contribution in [3.63, 3.8) is 0 Å². The molecule has 0 radical (unpaired) electrons. The van der Waals surface area contributed by atoms with Crippen molar-refractivity contribution in [3.05, 3.63) is 124 Å². The number of rotatable bonds is 10. The van der Waals surface area contributed by atoms with Crippen LogP contribution in [0, 0.1) is 0 Å². The molecule has 6 heteroatoms. The lowest BCUT2D eigenvalue weighted by molar-refractivity contribution is 0.0744. The molecule has 0 aliphatic carbocycles. The quantitative estimate of drug-likeness (QED) is 0.241. The Labute approximate surface area is 214 Å². The molecule has 0 saturated carbocycles. The molecule has 0 aliphatic heterocycles. The molecule has 178 valence electrons. The summed E-state index contributed by atoms with van der Waals surface area (Å²) in [5.41, 5.74) is 3.63. The summed E-state index contributed by atoms with van der Waals surface area (Å²) in [5.74, 6) is 1.27. The first-order valence-electron chi connectivity index (χ1n) is 11.4. The molecule has 0 aliphatic rings. The van der Waals surface area contributed by atoms with Crippen LogP contribution >= 0.6 is 15.9 Å². The van der Waals surface area contributed by atoms with E-state index in [0.29, 0.717) is 43.2 Å². The maximum atomic E-state index is 13.4. The lowest BCUT2D eigenvalue weighted by atomic mass is 10.1. The average Bonchev–Trinajstić information content (AvgIpc) is 2.91. The number of halogens is 1. The molecule has 0 unspecified atom stereocenters. The molecule has 0 bridgehead atoms. The van der Waals surface area contributed by atoms with Crippen molar-refractivity contribution in [1.82, 2.24) is 9.88 Å². The van der Waals surface area contributed by atoms with Gasteiger partial charge in [0.1, 0.15) is 6.61 Å². The van der Waals surface area contributed by atoms with Crippen LogP contribution in [-0.4, -0.2) is 29.4 Å². The normalized spacial score (nSPS) is 10.6. The summed E-state index contributed by atoms with van der Waals surface area (Å²) in [6.45, 7) is 1.44. The van der Waals surface area contributed by atoms with E-state index in [9.17, 15) is 4.79 Å². The minimum atomic E-state index is -0.0307. The summed E-state index contributed by atoms with van der Waals surface area (Å²) in [5, 5.41) is 0. The minimum absolute atomic E-state index is 0.0307. The van der Waals surface area contributed by atoms with E-state index in [1.165, 1.54) is 0 Å². The van der Waals surface area contributed by atoms with Gasteiger partial charge in [0.25, 0.3) is 5.91 Å². The standard InChI is InChI=1S/C29H27BrN2O3/c1-34-28-19-23(10-15-27(28)35-21-22-7-3-2-4-8-22)20-32(18-16-26-9-5-6-17-31-26)29(33)24-11-13-25(30)14-12-24/h2-15,17,19H,16,18,20-21H2,1H3. The fraction of sp³-hybridized carbons (Fsp3) is 0.172. The maximum Gasteiger partial charge on any atom is 0.254 e. The topological polar surface area (TPSA) is 51.7 Å². The highest BCUT2D eigenvalue weighted by Crippen LogP contribution is 2.29. The Bertz CT molecular complexity index is 1230. The smallest absolute Gasteiger partial charge is 0.254 e. The molecule has 0 fully saturated rings. The Hall–Kier alpha value is -3.64. The lowest BCUT2D eigenvalue weighted by Crippen LogP contribution is -2.32. The Morgan fingerprint density at radius 3 is 2.37 bits per heavy atom. The van der Waals surface area contributed by atoms with Crippen LogP contribution in [0.25, 0.3) is 0 Å². The van der Waals surface area contributed by atoms with E-state index in [-0.39, 0.29) is 5.91 Å². The Kier molecular flexibility index (Phi) is 8.52. The van der Waals surface area contributed by atoms with E-state index in [0.717, 1.165) is 21.3 Å². The molecule has 4 aromatic rings. The van der Waals surface area contributed by atoms with Gasteiger partial charge in [-0.3, -0.25) is 9.78 Å². The van der Waals surface area contributed by atoms with Gasteiger partial charge < -0.3 is 14.4 Å². The van der Waals surface area contributed by atoms with Crippen LogP contribution in [-0.2, 0) is 19.6 Å². The second-order valence-corrected chi connectivity index (χ2v) is 8.98. The summed E-state index contributed by atoms with van der Waals surface area (Å²) in [6, 6.07) is 29.1. The van der Waals surface area contributed by atoms with Crippen molar-refractivity contribution in [2.45, 2.75) is 19.6 Å². The number of ether oxygens (including phenoxy) is 2. The Morgan fingerprint density at radius 1 is 0.886 bits per heavy atom. The molecule has 4 rings (SSSR count). The van der Waals surface area contributed by atoms with Gasteiger partial charge in [-0.05, 0) is 59.7 Å². The average molecular weight is 531 g/mol. The van der Waals surface area contributed by atoms with Crippen molar-refractivity contribution >= 4 is 21.8 Å². The first-order valence-corrected chi connectivity index (χ1v) is 12.2. The molecule has 35 heavy (non-hydrogen) atoms. The zero-order valence-electron chi connectivity index (χ0n) is 19.6. The number of benzene rings is 3. The van der Waals surface area contributed by atoms with Gasteiger partial charge in [0, 0.05) is 41.4 Å². The van der Waals surface area contributed by atoms with Crippen LogP contribution in [0.2, 0.25) is 0 Å². The van der Waals surface area contributed by atoms with Gasteiger partial charge in [-0.2, -0.15) is 0 Å². The zero-order valence-corrected chi connectivity index (χ0v) is 21.1. The van der Waals surface area contributed by atoms with E-state index in [2.05, 4.69) is 20.9 Å². The second kappa shape index (κ2) is 12.2. The lowest BCUT2D eigenvalue weighted by Gasteiger charge is -2.23. The Morgan fingerprint density at radius 2 is 1.66 bits per heavy atom. The molecule has 0 N–H and O–H groups in total. The van der Waals surface area contributed by atoms with Crippen LogP contribution in [0.3, 0.4) is 0 Å². The SMILES string of the molecule is COc1cc(CN(CCc2ccccn2)C(=O)c2ccc(Br)cc2)ccc1OCc1ccccc1. The van der Waals surface area contributed by atoms with Crippen molar-refractivity contribution in [2.24, 2.45) is 0 Å². The molecule has 1 heterocycles. The number of hydrogen-bond acceptors (Lipinski definition) is 4. The summed E-state index contributed by atoms with van der Waals surface area (Å²) in [6.07, 6.45) is 2.44. The first-order chi connectivity index (χ1) is 17.1. The minimum Gasteiger partial charge on any atom is -0.493 e. The molecule has 0 spiro atoms. The monoisotopic (exact) mass is 530 g/mol. The summed E-state index contributed by atoms with van der Waals surface area (Å²) in [7, 11) is 1.63. The van der Waals surface area contributed by atoms with Crippen LogP contribution < -0.4 is 9.47 Å². The first kappa shape index (κ1) is 24.5. The van der Waals surface area contributed by atoms with E-state index in [4.69, 9.17) is 9.47 Å². The number of methoxy groups -OCH3 is 1. The van der Waals surface area contributed by atoms with Gasteiger partial charge in [-0.25, -0.2) is 0 Å². The maximum absolute atomic E-state index is 13.4. The third-order valence-corrected chi connectivity index (χ3v) is 6.11. The van der Waals surface area contributed by atoms with Crippen molar-refractivity contribution < 1.29 is 14.3 Å². The fourth-order valence-corrected chi connectivity index (χ4v) is 3.97. The molecule has 0 saturated heterocycles. The van der Waals surface area contributed by atoms with Crippen molar-refractivity contribution in [1.29, 1.82) is 0 Å². The number of hydrogen-bond donors (Lipinski definition) is 0. The van der Waals surface area contributed by atoms with Gasteiger partial charge in [0.15, 0.2) is 11.5 Å². The fourth-order valence-electron chi connectivity index (χ4n) is 3.71. The summed E-state index contributed by atoms with van der Waals surface area (Å²) in [4.78, 5) is 19.6. The molecule has 1 aromatic heterocycles. The Balaban J connectivity index is 1.51. The van der Waals surface area contributed by atoms with Gasteiger partial charge in [-0.1, -0.05) is 58.4 Å². The third kappa shape index (κ3) is 6.93. The molecule has 0 atom stereocenters. The van der Waals surface area contributed by atoms with Crippen molar-refractivity contribution in [3.8, 4) is 11.5 Å². The highest BCUT2D eigenvalue weighted by atomic mass is 79.9. The molecule has 5 nitrogen and oxygen atoms in total. The highest BCUT2D eigenvalue weighted by Gasteiger charge is 2.18. The highest BCUT2D eigenvalue weighted by molar-refractivity contribution is 9.10. The number of nitrogens with zero attached hydrogens (tertiary/aromatic N) is 2. The van der Waals surface area contributed by atoms with Gasteiger partial charge in [0.05, 0.1) is 7.11 Å². The summed E-state index contributed by atoms with van der Waals surface area (Å²) < 4.78 is 12.5. The van der Waals surface area contributed by atoms with Gasteiger partial charge in [0.2, 0.25) is 0 Å². The van der Waals surface area contributed by atoms with Crippen LogP contribution in [0.15, 0.2) is 102 Å². The molecular weight excluding hydrogens is 504 g/mol. The number of amides is 1. The van der Waals surface area contributed by atoms with E-state index in [1.54, 1.807) is 13.3 Å². The predicted octanol–water partition coefficient (Wildman–Crippen LogP) is 6.32. The van der Waals surface area contributed by atoms with Crippen molar-refractivity contribution in [2.75, 3.05) is 13.7 Å². The zero-order chi connectivity index (χ0) is 24.5. The van der Waals surface area contributed by atoms with Gasteiger partial charge >= 0.3 is 0 Å². The molecule has 3 aromatic carbocycles. The summed E-state index contributed by atoms with van der Waals surface area (Å²) >= 11 is 3.44. The number of carbonyl (C=O) groups excluding carboxylic acids is 1. The largest absolute Gasteiger partial charge is 0.493 e. The molecular formula is C29H27BrN2O3. The van der Waals surface area contributed by atoms with E-state index < -0.39 is 0 Å². The van der Waals surface area contributed by atoms with Crippen LogP contribution in [0.1, 0.15) is 27.2 Å². The second-order valence-electron chi connectivity index (χ2n) is 8.06. The predicted molar refractivity (Wildman–Crippen MR) is 141 cm³/mol. The number of carbonyl (C=O) groups is 1. The van der Waals surface area contributed by atoms with E-state index >= 15 is 0 Å². The third-order valence-electron chi connectivity index (χ3n) is 5.58. The molecule has 1 amide bonds. The number of pyridine rings is 1. The van der Waals surface area contributed by atoms with Crippen LogP contribution in [0.5, 0.6) is 11.5 Å².